The first-order valence-electron chi connectivity index (χ1n) is 9.38. The fourth-order valence-electron chi connectivity index (χ4n) is 3.58. The topological polar surface area (TPSA) is 40.6 Å². The van der Waals surface area contributed by atoms with Gasteiger partial charge >= 0.3 is 6.18 Å². The van der Waals surface area contributed by atoms with Gasteiger partial charge in [0.25, 0.3) is 0 Å². The van der Waals surface area contributed by atoms with E-state index in [2.05, 4.69) is 0 Å². The van der Waals surface area contributed by atoms with Gasteiger partial charge in [-0.05, 0) is 24.1 Å². The maximum Gasteiger partial charge on any atom is 0.416 e. The summed E-state index contributed by atoms with van der Waals surface area (Å²) in [5.41, 5.74) is 1.39. The number of rotatable bonds is 5. The van der Waals surface area contributed by atoms with Crippen LogP contribution in [-0.2, 0) is 28.9 Å². The van der Waals surface area contributed by atoms with Crippen LogP contribution in [0.2, 0.25) is 0 Å². The van der Waals surface area contributed by atoms with Crippen molar-refractivity contribution in [3.63, 3.8) is 0 Å². The number of nitrogens with zero attached hydrogens (tertiary/aromatic N) is 2. The molecule has 2 aromatic carbocycles. The summed E-state index contributed by atoms with van der Waals surface area (Å²) >= 11 is 0. The number of hydrogen-bond donors (Lipinski definition) is 0. The average molecular weight is 404 g/mol. The summed E-state index contributed by atoms with van der Waals surface area (Å²) in [5.74, 6) is -0.981. The molecule has 4 nitrogen and oxygen atoms in total. The van der Waals surface area contributed by atoms with Crippen molar-refractivity contribution >= 4 is 11.8 Å². The van der Waals surface area contributed by atoms with Crippen LogP contribution in [-0.4, -0.2) is 35.2 Å². The molecule has 0 bridgehead atoms. The second-order valence-electron chi connectivity index (χ2n) is 7.51. The van der Waals surface area contributed by atoms with E-state index in [0.29, 0.717) is 6.54 Å². The molecular formula is C22H23F3N2O2. The molecule has 7 heteroatoms. The number of halogens is 3. The Morgan fingerprint density at radius 2 is 1.79 bits per heavy atom. The van der Waals surface area contributed by atoms with E-state index in [4.69, 9.17) is 0 Å². The minimum atomic E-state index is -4.48. The highest BCUT2D eigenvalue weighted by Crippen LogP contribution is 2.32. The zero-order valence-electron chi connectivity index (χ0n) is 16.4. The first-order valence-corrected chi connectivity index (χ1v) is 9.38. The number of hydrogen-bond acceptors (Lipinski definition) is 2. The van der Waals surface area contributed by atoms with Crippen molar-refractivity contribution in [2.24, 2.45) is 5.92 Å². The Morgan fingerprint density at radius 1 is 1.14 bits per heavy atom. The molecule has 0 aromatic heterocycles. The van der Waals surface area contributed by atoms with Crippen LogP contribution in [0.5, 0.6) is 0 Å². The summed E-state index contributed by atoms with van der Waals surface area (Å²) in [7, 11) is 1.47. The van der Waals surface area contributed by atoms with Gasteiger partial charge < -0.3 is 9.80 Å². The van der Waals surface area contributed by atoms with Crippen LogP contribution in [0.4, 0.5) is 13.2 Å². The minimum Gasteiger partial charge on any atom is -0.341 e. The molecule has 1 aliphatic rings. The van der Waals surface area contributed by atoms with Crippen LogP contribution in [0.25, 0.3) is 0 Å². The van der Waals surface area contributed by atoms with Crippen molar-refractivity contribution in [3.8, 4) is 0 Å². The molecule has 0 N–H and O–H groups in total. The molecule has 1 atom stereocenters. The quantitative estimate of drug-likeness (QED) is 0.755. The Hall–Kier alpha value is -2.83. The second-order valence-corrected chi connectivity index (χ2v) is 7.51. The Morgan fingerprint density at radius 3 is 2.45 bits per heavy atom. The van der Waals surface area contributed by atoms with E-state index in [0.717, 1.165) is 17.2 Å². The Labute approximate surface area is 167 Å². The monoisotopic (exact) mass is 404 g/mol. The van der Waals surface area contributed by atoms with Gasteiger partial charge in [-0.2, -0.15) is 13.2 Å². The third kappa shape index (κ3) is 4.96. The average Bonchev–Trinajstić information content (AvgIpc) is 3.03. The van der Waals surface area contributed by atoms with Crippen molar-refractivity contribution in [3.05, 3.63) is 70.8 Å². The minimum absolute atomic E-state index is 0.0386. The molecule has 29 heavy (non-hydrogen) atoms. The van der Waals surface area contributed by atoms with Gasteiger partial charge in [0.15, 0.2) is 0 Å². The number of carbonyl (C=O) groups excluding carboxylic acids is 2. The molecule has 1 fully saturated rings. The van der Waals surface area contributed by atoms with Gasteiger partial charge in [0.05, 0.1) is 11.5 Å². The van der Waals surface area contributed by atoms with Crippen molar-refractivity contribution in [2.45, 2.75) is 32.6 Å². The number of alkyl halides is 3. The maximum atomic E-state index is 13.2. The predicted octanol–water partition coefficient (Wildman–Crippen LogP) is 4.02. The van der Waals surface area contributed by atoms with Crippen LogP contribution in [0.15, 0.2) is 48.5 Å². The van der Waals surface area contributed by atoms with E-state index in [9.17, 15) is 22.8 Å². The molecule has 0 saturated carbocycles. The molecule has 2 amide bonds. The molecule has 2 aromatic rings. The lowest BCUT2D eigenvalue weighted by atomic mass is 10.0. The maximum absolute atomic E-state index is 13.2. The first kappa shape index (κ1) is 20.9. The Bertz CT molecular complexity index is 894. The molecule has 1 saturated heterocycles. The SMILES string of the molecule is Cc1ccc(CN2CC(C(=O)N(C)Cc3ccccc3C(F)(F)F)CC2=O)cc1. The molecule has 1 unspecified atom stereocenters. The molecule has 1 aliphatic heterocycles. The van der Waals surface area contributed by atoms with Crippen molar-refractivity contribution in [1.82, 2.24) is 9.80 Å². The summed E-state index contributed by atoms with van der Waals surface area (Å²) in [6.45, 7) is 2.52. The lowest BCUT2D eigenvalue weighted by Crippen LogP contribution is -2.34. The molecule has 0 spiro atoms. The summed E-state index contributed by atoms with van der Waals surface area (Å²) in [6, 6.07) is 13.0. The van der Waals surface area contributed by atoms with Crippen LogP contribution >= 0.6 is 0 Å². The molecule has 1 heterocycles. The van der Waals surface area contributed by atoms with Crippen LogP contribution in [0, 0.1) is 12.8 Å². The van der Waals surface area contributed by atoms with E-state index in [-0.39, 0.29) is 36.9 Å². The van der Waals surface area contributed by atoms with E-state index >= 15 is 0 Å². The Balaban J connectivity index is 1.65. The highest BCUT2D eigenvalue weighted by Gasteiger charge is 2.37. The van der Waals surface area contributed by atoms with Gasteiger partial charge in [0.1, 0.15) is 0 Å². The number of aryl methyl sites for hydroxylation is 1. The lowest BCUT2D eigenvalue weighted by Gasteiger charge is -2.23. The van der Waals surface area contributed by atoms with Crippen LogP contribution < -0.4 is 0 Å². The van der Waals surface area contributed by atoms with Gasteiger partial charge in [-0.3, -0.25) is 9.59 Å². The second kappa shape index (κ2) is 8.27. The lowest BCUT2D eigenvalue weighted by molar-refractivity contribution is -0.140. The van der Waals surface area contributed by atoms with E-state index in [1.807, 2.05) is 31.2 Å². The van der Waals surface area contributed by atoms with Gasteiger partial charge in [0, 0.05) is 33.1 Å². The van der Waals surface area contributed by atoms with E-state index in [1.165, 1.54) is 30.1 Å². The largest absolute Gasteiger partial charge is 0.416 e. The van der Waals surface area contributed by atoms with Crippen LogP contribution in [0.3, 0.4) is 0 Å². The van der Waals surface area contributed by atoms with Crippen molar-refractivity contribution in [2.75, 3.05) is 13.6 Å². The molecule has 0 radical (unpaired) electrons. The summed E-state index contributed by atoms with van der Waals surface area (Å²) in [6.07, 6.45) is -4.40. The molecule has 3 rings (SSSR count). The number of amides is 2. The third-order valence-electron chi connectivity index (χ3n) is 5.16. The normalized spacial score (nSPS) is 16.9. The van der Waals surface area contributed by atoms with E-state index in [1.54, 1.807) is 4.90 Å². The van der Waals surface area contributed by atoms with Crippen LogP contribution in [0.1, 0.15) is 28.7 Å². The fraction of sp³-hybridized carbons (Fsp3) is 0.364. The zero-order chi connectivity index (χ0) is 21.2. The smallest absolute Gasteiger partial charge is 0.341 e. The standard InChI is InChI=1S/C22H23F3N2O2/c1-15-7-9-16(10-8-15)12-27-14-18(11-20(27)28)21(29)26(2)13-17-5-3-4-6-19(17)22(23,24)25/h3-10,18H,11-14H2,1-2H3. The highest BCUT2D eigenvalue weighted by molar-refractivity contribution is 5.89. The number of benzene rings is 2. The van der Waals surface area contributed by atoms with E-state index < -0.39 is 17.7 Å². The molecule has 154 valence electrons. The van der Waals surface area contributed by atoms with Gasteiger partial charge in [0.2, 0.25) is 11.8 Å². The summed E-state index contributed by atoms with van der Waals surface area (Å²) in [4.78, 5) is 28.0. The summed E-state index contributed by atoms with van der Waals surface area (Å²) < 4.78 is 39.5. The first-order chi connectivity index (χ1) is 13.6. The highest BCUT2D eigenvalue weighted by atomic mass is 19.4. The number of likely N-dealkylation sites (tertiary alicyclic amines) is 1. The predicted molar refractivity (Wildman–Crippen MR) is 103 cm³/mol. The molecular weight excluding hydrogens is 381 g/mol. The summed E-state index contributed by atoms with van der Waals surface area (Å²) in [5, 5.41) is 0. The van der Waals surface area contributed by atoms with Gasteiger partial charge in [-0.15, -0.1) is 0 Å². The van der Waals surface area contributed by atoms with Gasteiger partial charge in [-0.25, -0.2) is 0 Å². The van der Waals surface area contributed by atoms with Gasteiger partial charge in [-0.1, -0.05) is 48.0 Å². The fourth-order valence-corrected chi connectivity index (χ4v) is 3.58. The van der Waals surface area contributed by atoms with Crippen molar-refractivity contribution in [1.29, 1.82) is 0 Å². The molecule has 0 aliphatic carbocycles. The van der Waals surface area contributed by atoms with Crippen molar-refractivity contribution < 1.29 is 22.8 Å². The number of carbonyl (C=O) groups is 2. The third-order valence-corrected chi connectivity index (χ3v) is 5.16. The zero-order valence-corrected chi connectivity index (χ0v) is 16.4. The Kier molecular flexibility index (Phi) is 5.96.